The van der Waals surface area contributed by atoms with E-state index in [0.717, 1.165) is 10.6 Å². The Hall–Kier alpha value is -1.10. The van der Waals surface area contributed by atoms with E-state index in [1.54, 1.807) is 0 Å². The third-order valence-corrected chi connectivity index (χ3v) is 2.82. The van der Waals surface area contributed by atoms with Crippen molar-refractivity contribution in [2.75, 3.05) is 6.54 Å². The minimum atomic E-state index is -0.770. The lowest BCUT2D eigenvalue weighted by Crippen LogP contribution is -1.99. The van der Waals surface area contributed by atoms with Crippen molar-refractivity contribution in [3.63, 3.8) is 0 Å². The molecule has 0 aliphatic carbocycles. The molecule has 0 radical (unpaired) electrons. The van der Waals surface area contributed by atoms with Gasteiger partial charge in [-0.1, -0.05) is 5.11 Å². The summed E-state index contributed by atoms with van der Waals surface area (Å²) in [4.78, 5) is 7.80. The highest BCUT2D eigenvalue weighted by Gasteiger charge is 2.11. The molecular weight excluding hydrogens is 188 g/mol. The molecule has 0 aliphatic rings. The number of azide groups is 1. The summed E-state index contributed by atoms with van der Waals surface area (Å²) in [5.74, 6) is 0. The molecule has 70 valence electrons. The molecule has 0 amide bonds. The van der Waals surface area contributed by atoms with Gasteiger partial charge >= 0.3 is 0 Å². The van der Waals surface area contributed by atoms with Gasteiger partial charge in [-0.15, -0.1) is 11.3 Å². The summed E-state index contributed by atoms with van der Waals surface area (Å²) in [5, 5.41) is 13.4. The smallest absolute Gasteiger partial charge is 0.122 e. The summed E-state index contributed by atoms with van der Waals surface area (Å²) < 4.78 is 0. The van der Waals surface area contributed by atoms with E-state index in [4.69, 9.17) is 5.53 Å². The Morgan fingerprint density at radius 2 is 2.38 bits per heavy atom. The number of aryl methyl sites for hydroxylation is 2. The monoisotopic (exact) mass is 198 g/mol. The first kappa shape index (κ1) is 9.98. The topological polar surface area (TPSA) is 81.9 Å². The van der Waals surface area contributed by atoms with Gasteiger partial charge in [0.15, 0.2) is 0 Å². The fourth-order valence-electron chi connectivity index (χ4n) is 0.832. The van der Waals surface area contributed by atoms with Gasteiger partial charge in [0.05, 0.1) is 12.2 Å². The Labute approximate surface area is 79.7 Å². The van der Waals surface area contributed by atoms with E-state index in [1.165, 1.54) is 11.3 Å². The van der Waals surface area contributed by atoms with Crippen LogP contribution >= 0.6 is 11.3 Å². The van der Waals surface area contributed by atoms with Crippen LogP contribution in [0.25, 0.3) is 10.4 Å². The van der Waals surface area contributed by atoms with Gasteiger partial charge in [0.25, 0.3) is 0 Å². The first-order valence-electron chi connectivity index (χ1n) is 3.78. The van der Waals surface area contributed by atoms with Crippen molar-refractivity contribution in [1.82, 2.24) is 4.98 Å². The fraction of sp³-hybridized carbons (Fsp3) is 0.571. The second-order valence-corrected chi connectivity index (χ2v) is 3.86. The lowest BCUT2D eigenvalue weighted by atomic mass is 10.4. The van der Waals surface area contributed by atoms with Crippen molar-refractivity contribution in [2.45, 2.75) is 20.0 Å². The molecule has 0 spiro atoms. The van der Waals surface area contributed by atoms with Crippen molar-refractivity contribution >= 4 is 11.3 Å². The number of thiazole rings is 1. The highest BCUT2D eigenvalue weighted by Crippen LogP contribution is 2.22. The zero-order chi connectivity index (χ0) is 9.84. The lowest BCUT2D eigenvalue weighted by Gasteiger charge is -2.00. The Morgan fingerprint density at radius 1 is 1.69 bits per heavy atom. The molecule has 1 atom stereocenters. The first-order valence-corrected chi connectivity index (χ1v) is 4.59. The zero-order valence-corrected chi connectivity index (χ0v) is 8.25. The van der Waals surface area contributed by atoms with Crippen LogP contribution in [0.5, 0.6) is 0 Å². The molecule has 13 heavy (non-hydrogen) atoms. The minimum Gasteiger partial charge on any atom is -0.386 e. The molecule has 1 aromatic heterocycles. The van der Waals surface area contributed by atoms with Gasteiger partial charge in [0.2, 0.25) is 0 Å². The van der Waals surface area contributed by atoms with Crippen molar-refractivity contribution in [1.29, 1.82) is 0 Å². The highest BCUT2D eigenvalue weighted by molar-refractivity contribution is 7.11. The van der Waals surface area contributed by atoms with E-state index >= 15 is 0 Å². The first-order chi connectivity index (χ1) is 6.15. The van der Waals surface area contributed by atoms with Crippen LogP contribution in [0, 0.1) is 13.8 Å². The summed E-state index contributed by atoms with van der Waals surface area (Å²) in [6, 6.07) is 0. The molecule has 1 heterocycles. The van der Waals surface area contributed by atoms with E-state index in [2.05, 4.69) is 15.0 Å². The predicted molar refractivity (Wildman–Crippen MR) is 50.6 cm³/mol. The highest BCUT2D eigenvalue weighted by atomic mass is 32.1. The van der Waals surface area contributed by atoms with E-state index in [1.807, 2.05) is 13.8 Å². The van der Waals surface area contributed by atoms with Crippen LogP contribution in [0.2, 0.25) is 0 Å². The number of aliphatic hydroxyl groups is 1. The molecule has 0 saturated heterocycles. The molecule has 0 fully saturated rings. The lowest BCUT2D eigenvalue weighted by molar-refractivity contribution is 0.186. The number of aliphatic hydroxyl groups excluding tert-OH is 1. The van der Waals surface area contributed by atoms with Gasteiger partial charge in [0.1, 0.15) is 11.1 Å². The Bertz CT molecular complexity index is 323. The van der Waals surface area contributed by atoms with Crippen LogP contribution in [0.4, 0.5) is 0 Å². The summed E-state index contributed by atoms with van der Waals surface area (Å²) in [6.07, 6.45) is -0.770. The molecule has 0 unspecified atom stereocenters. The van der Waals surface area contributed by atoms with Crippen LogP contribution in [-0.4, -0.2) is 16.6 Å². The number of hydrogen-bond donors (Lipinski definition) is 1. The molecule has 5 nitrogen and oxygen atoms in total. The molecule has 0 aromatic carbocycles. The third-order valence-electron chi connectivity index (χ3n) is 1.65. The van der Waals surface area contributed by atoms with Gasteiger partial charge in [-0.25, -0.2) is 4.98 Å². The standard InChI is InChI=1S/C7H10N4OS/c1-4-5(2)13-7(10-4)6(12)3-9-11-8/h6,12H,3H2,1-2H3/t6-/m0/s1. The summed E-state index contributed by atoms with van der Waals surface area (Å²) in [5.41, 5.74) is 8.97. The second-order valence-electron chi connectivity index (χ2n) is 2.62. The number of nitrogens with zero attached hydrogens (tertiary/aromatic N) is 4. The van der Waals surface area contributed by atoms with E-state index in [-0.39, 0.29) is 6.54 Å². The van der Waals surface area contributed by atoms with Crippen molar-refractivity contribution < 1.29 is 5.11 Å². The Morgan fingerprint density at radius 3 is 2.85 bits per heavy atom. The normalized spacial score (nSPS) is 12.2. The van der Waals surface area contributed by atoms with Crippen molar-refractivity contribution in [3.05, 3.63) is 26.0 Å². The Kier molecular flexibility index (Phi) is 3.25. The van der Waals surface area contributed by atoms with Crippen LogP contribution in [0.15, 0.2) is 5.11 Å². The molecule has 1 rings (SSSR count). The maximum atomic E-state index is 9.47. The van der Waals surface area contributed by atoms with Crippen LogP contribution in [0.1, 0.15) is 21.7 Å². The summed E-state index contributed by atoms with van der Waals surface area (Å²) in [6.45, 7) is 3.87. The quantitative estimate of drug-likeness (QED) is 0.458. The maximum Gasteiger partial charge on any atom is 0.122 e. The number of aromatic nitrogens is 1. The fourth-order valence-corrected chi connectivity index (χ4v) is 1.73. The van der Waals surface area contributed by atoms with Crippen LogP contribution in [-0.2, 0) is 0 Å². The number of rotatable bonds is 3. The molecule has 1 aromatic rings. The SMILES string of the molecule is Cc1nc([C@@H](O)CN=[N+]=[N-])sc1C. The summed E-state index contributed by atoms with van der Waals surface area (Å²) >= 11 is 1.43. The third kappa shape index (κ3) is 2.42. The number of hydrogen-bond acceptors (Lipinski definition) is 4. The average Bonchev–Trinajstić information content (AvgIpc) is 2.43. The van der Waals surface area contributed by atoms with Crippen LogP contribution < -0.4 is 0 Å². The van der Waals surface area contributed by atoms with Gasteiger partial charge in [-0.2, -0.15) is 0 Å². The van der Waals surface area contributed by atoms with Gasteiger partial charge in [-0.05, 0) is 19.4 Å². The molecule has 0 aliphatic heterocycles. The molecule has 0 bridgehead atoms. The van der Waals surface area contributed by atoms with Gasteiger partial charge in [0, 0.05) is 9.79 Å². The van der Waals surface area contributed by atoms with Crippen LogP contribution in [0.3, 0.4) is 0 Å². The molecule has 1 N–H and O–H groups in total. The van der Waals surface area contributed by atoms with Crippen molar-refractivity contribution in [3.8, 4) is 0 Å². The van der Waals surface area contributed by atoms with E-state index in [9.17, 15) is 5.11 Å². The van der Waals surface area contributed by atoms with E-state index < -0.39 is 6.10 Å². The van der Waals surface area contributed by atoms with Crippen molar-refractivity contribution in [2.24, 2.45) is 5.11 Å². The summed E-state index contributed by atoms with van der Waals surface area (Å²) in [7, 11) is 0. The molecule has 6 heteroatoms. The molecular formula is C7H10N4OS. The molecule has 0 saturated carbocycles. The Balaban J connectivity index is 2.76. The van der Waals surface area contributed by atoms with E-state index in [0.29, 0.717) is 5.01 Å². The minimum absolute atomic E-state index is 0.0445. The second kappa shape index (κ2) is 4.23. The largest absolute Gasteiger partial charge is 0.386 e. The average molecular weight is 198 g/mol. The zero-order valence-electron chi connectivity index (χ0n) is 7.43. The maximum absolute atomic E-state index is 9.47. The van der Waals surface area contributed by atoms with Gasteiger partial charge < -0.3 is 5.11 Å². The predicted octanol–water partition coefficient (Wildman–Crippen LogP) is 2.10. The van der Waals surface area contributed by atoms with Gasteiger partial charge in [-0.3, -0.25) is 0 Å².